The van der Waals surface area contributed by atoms with Crippen molar-refractivity contribution in [2.45, 2.75) is 32.6 Å². The topological polar surface area (TPSA) is 127 Å². The summed E-state index contributed by atoms with van der Waals surface area (Å²) in [6, 6.07) is 21.7. The van der Waals surface area contributed by atoms with Crippen LogP contribution in [-0.2, 0) is 0 Å². The highest BCUT2D eigenvalue weighted by atomic mass is 32.1. The molecule has 0 spiro atoms. The number of hydrogen-bond acceptors (Lipinski definition) is 9. The van der Waals surface area contributed by atoms with Gasteiger partial charge in [0, 0.05) is 29.0 Å². The number of nitro benzene ring substituents is 1. The number of nitrogens with zero attached hydrogens (tertiary/aromatic N) is 6. The number of ether oxygens (including phenoxy) is 2. The molecule has 0 saturated heterocycles. The summed E-state index contributed by atoms with van der Waals surface area (Å²) in [6.45, 7) is 2.86. The first-order valence-corrected chi connectivity index (χ1v) is 15.4. The molecule has 12 heteroatoms. The molecule has 45 heavy (non-hydrogen) atoms. The molecule has 11 nitrogen and oxygen atoms in total. The Hall–Kier alpha value is -5.36. The lowest BCUT2D eigenvalue weighted by Crippen LogP contribution is -2.23. The molecule has 0 aliphatic rings. The molecule has 228 valence electrons. The van der Waals surface area contributed by atoms with Gasteiger partial charge in [-0.2, -0.15) is 14.6 Å². The normalized spacial score (nSPS) is 11.7. The van der Waals surface area contributed by atoms with Crippen LogP contribution in [0.5, 0.6) is 11.5 Å². The van der Waals surface area contributed by atoms with Gasteiger partial charge < -0.3 is 9.47 Å². The number of unbranched alkanes of at least 4 members (excludes halogenated alkanes) is 3. The van der Waals surface area contributed by atoms with Crippen LogP contribution >= 0.6 is 11.3 Å². The van der Waals surface area contributed by atoms with E-state index in [4.69, 9.17) is 14.6 Å². The number of fused-ring (bicyclic) bond motifs is 1. The fraction of sp³-hybridized carbons (Fsp3) is 0.212. The molecule has 3 aromatic heterocycles. The molecule has 0 saturated carbocycles. The van der Waals surface area contributed by atoms with Crippen molar-refractivity contribution in [3.63, 3.8) is 0 Å². The lowest BCUT2D eigenvalue weighted by atomic mass is 10.1. The second-order valence-corrected chi connectivity index (χ2v) is 11.3. The highest BCUT2D eigenvalue weighted by molar-refractivity contribution is 7.15. The van der Waals surface area contributed by atoms with E-state index in [1.54, 1.807) is 23.0 Å². The van der Waals surface area contributed by atoms with Crippen LogP contribution in [0.4, 0.5) is 5.69 Å². The highest BCUT2D eigenvalue weighted by Crippen LogP contribution is 2.33. The number of para-hydroxylation sites is 1. The summed E-state index contributed by atoms with van der Waals surface area (Å²) < 4.78 is 14.4. The number of hydrogen-bond donors (Lipinski definition) is 0. The van der Waals surface area contributed by atoms with Gasteiger partial charge in [0.15, 0.2) is 11.6 Å². The van der Waals surface area contributed by atoms with Gasteiger partial charge in [-0.3, -0.25) is 14.9 Å². The Labute approximate surface area is 262 Å². The first-order valence-electron chi connectivity index (χ1n) is 14.6. The molecule has 0 N–H and O–H groups in total. The predicted molar refractivity (Wildman–Crippen MR) is 173 cm³/mol. The zero-order chi connectivity index (χ0) is 31.3. The Morgan fingerprint density at radius 1 is 0.978 bits per heavy atom. The predicted octanol–water partition coefficient (Wildman–Crippen LogP) is 6.09. The summed E-state index contributed by atoms with van der Waals surface area (Å²) >= 11 is 1.21. The zero-order valence-corrected chi connectivity index (χ0v) is 25.6. The molecular formula is C33H30N6O5S. The average molecular weight is 623 g/mol. The number of methoxy groups -OCH3 is 1. The third kappa shape index (κ3) is 6.31. The van der Waals surface area contributed by atoms with Crippen molar-refractivity contribution >= 4 is 28.1 Å². The van der Waals surface area contributed by atoms with Crippen LogP contribution in [0.2, 0.25) is 0 Å². The fourth-order valence-corrected chi connectivity index (χ4v) is 5.83. The standard InChI is InChI=1S/C33H30N6O5S/c1-3-4-5-9-18-44-26-15-12-22(13-16-26)31-34-33-38(36-31)32(40)29(45-33)20-24-21-37(25-10-7-6-8-11-25)35-30(24)23-14-17-28(43-2)27(19-23)39(41)42/h6-8,10-17,19-21H,3-5,9,18H2,1-2H3. The number of thiazole rings is 1. The van der Waals surface area contributed by atoms with Crippen molar-refractivity contribution in [1.29, 1.82) is 0 Å². The van der Waals surface area contributed by atoms with Gasteiger partial charge in [-0.25, -0.2) is 4.68 Å². The maximum absolute atomic E-state index is 13.5. The average Bonchev–Trinajstić information content (AvgIpc) is 3.76. The quantitative estimate of drug-likeness (QED) is 0.0911. The SMILES string of the molecule is CCCCCCOc1ccc(-c2nc3sc(=Cc4cn(-c5ccccc5)nc4-c4ccc(OC)c([N+](=O)[O-])c4)c(=O)n3n2)cc1. The van der Waals surface area contributed by atoms with E-state index in [0.29, 0.717) is 38.7 Å². The Balaban J connectivity index is 1.34. The number of aromatic nitrogens is 5. The lowest BCUT2D eigenvalue weighted by molar-refractivity contribution is -0.385. The highest BCUT2D eigenvalue weighted by Gasteiger charge is 2.20. The molecule has 0 amide bonds. The van der Waals surface area contributed by atoms with Crippen LogP contribution in [0, 0.1) is 10.1 Å². The van der Waals surface area contributed by atoms with Crippen molar-refractivity contribution in [1.82, 2.24) is 24.4 Å². The fourth-order valence-electron chi connectivity index (χ4n) is 4.93. The second kappa shape index (κ2) is 13.1. The van der Waals surface area contributed by atoms with E-state index >= 15 is 0 Å². The van der Waals surface area contributed by atoms with Gasteiger partial charge in [-0.05, 0) is 61.0 Å². The molecule has 0 radical (unpaired) electrons. The van der Waals surface area contributed by atoms with Crippen LogP contribution in [0.15, 0.2) is 83.8 Å². The molecule has 0 aliphatic carbocycles. The third-order valence-electron chi connectivity index (χ3n) is 7.26. The Kier molecular flexibility index (Phi) is 8.65. The molecular weight excluding hydrogens is 592 g/mol. The molecule has 0 aliphatic heterocycles. The summed E-state index contributed by atoms with van der Waals surface area (Å²) in [5.74, 6) is 1.37. The third-order valence-corrected chi connectivity index (χ3v) is 8.22. The van der Waals surface area contributed by atoms with Crippen LogP contribution in [0.3, 0.4) is 0 Å². The van der Waals surface area contributed by atoms with Crippen LogP contribution in [-0.4, -0.2) is 43.0 Å². The second-order valence-electron chi connectivity index (χ2n) is 10.3. The van der Waals surface area contributed by atoms with Gasteiger partial charge >= 0.3 is 5.69 Å². The van der Waals surface area contributed by atoms with Crippen molar-refractivity contribution in [2.75, 3.05) is 13.7 Å². The summed E-state index contributed by atoms with van der Waals surface area (Å²) in [5.41, 5.74) is 2.65. The minimum atomic E-state index is -0.498. The van der Waals surface area contributed by atoms with E-state index in [-0.39, 0.29) is 17.0 Å². The zero-order valence-electron chi connectivity index (χ0n) is 24.8. The lowest BCUT2D eigenvalue weighted by Gasteiger charge is -2.06. The minimum Gasteiger partial charge on any atom is -0.494 e. The minimum absolute atomic E-state index is 0.143. The largest absolute Gasteiger partial charge is 0.494 e. The van der Waals surface area contributed by atoms with Crippen molar-refractivity contribution in [3.8, 4) is 39.8 Å². The van der Waals surface area contributed by atoms with Gasteiger partial charge in [-0.15, -0.1) is 5.10 Å². The summed E-state index contributed by atoms with van der Waals surface area (Å²) in [4.78, 5) is 29.8. The van der Waals surface area contributed by atoms with Crippen molar-refractivity contribution < 1.29 is 14.4 Å². The van der Waals surface area contributed by atoms with E-state index in [9.17, 15) is 14.9 Å². The number of rotatable bonds is 12. The number of benzene rings is 3. The first kappa shape index (κ1) is 29.7. The van der Waals surface area contributed by atoms with Gasteiger partial charge in [0.1, 0.15) is 11.4 Å². The molecule has 3 aromatic carbocycles. The van der Waals surface area contributed by atoms with E-state index in [0.717, 1.165) is 29.8 Å². The van der Waals surface area contributed by atoms with Crippen LogP contribution < -0.4 is 19.6 Å². The molecule has 3 heterocycles. The van der Waals surface area contributed by atoms with Gasteiger partial charge in [-0.1, -0.05) is 55.7 Å². The molecule has 0 unspecified atom stereocenters. The van der Waals surface area contributed by atoms with E-state index < -0.39 is 4.92 Å². The summed E-state index contributed by atoms with van der Waals surface area (Å²) in [7, 11) is 1.38. The van der Waals surface area contributed by atoms with Crippen molar-refractivity contribution in [3.05, 3.63) is 110 Å². The van der Waals surface area contributed by atoms with Crippen molar-refractivity contribution in [2.24, 2.45) is 0 Å². The molecule has 0 fully saturated rings. The smallest absolute Gasteiger partial charge is 0.311 e. The van der Waals surface area contributed by atoms with Gasteiger partial charge in [0.2, 0.25) is 4.96 Å². The van der Waals surface area contributed by atoms with Gasteiger partial charge in [0.25, 0.3) is 5.56 Å². The molecule has 6 rings (SSSR count). The van der Waals surface area contributed by atoms with E-state index in [2.05, 4.69) is 17.0 Å². The van der Waals surface area contributed by atoms with Crippen LogP contribution in [0.25, 0.3) is 39.4 Å². The maximum Gasteiger partial charge on any atom is 0.311 e. The van der Waals surface area contributed by atoms with E-state index in [1.807, 2.05) is 54.6 Å². The summed E-state index contributed by atoms with van der Waals surface area (Å²) in [6.07, 6.45) is 8.07. The summed E-state index contributed by atoms with van der Waals surface area (Å²) in [5, 5.41) is 21.0. The molecule has 0 atom stereocenters. The molecule has 0 bridgehead atoms. The Morgan fingerprint density at radius 3 is 2.47 bits per heavy atom. The maximum atomic E-state index is 13.5. The Bertz CT molecular complexity index is 2070. The van der Waals surface area contributed by atoms with Crippen LogP contribution in [0.1, 0.15) is 38.2 Å². The molecule has 6 aromatic rings. The Morgan fingerprint density at radius 2 is 1.76 bits per heavy atom. The first-order chi connectivity index (χ1) is 21.9. The van der Waals surface area contributed by atoms with Gasteiger partial charge in [0.05, 0.1) is 28.9 Å². The van der Waals surface area contributed by atoms with E-state index in [1.165, 1.54) is 47.9 Å². The monoisotopic (exact) mass is 622 g/mol. The number of nitro groups is 1.